The highest BCUT2D eigenvalue weighted by Gasteiger charge is 2.09. The van der Waals surface area contributed by atoms with Crippen LogP contribution in [0.1, 0.15) is 23.9 Å². The first-order valence-corrected chi connectivity index (χ1v) is 6.03. The first-order valence-electron chi connectivity index (χ1n) is 6.03. The number of halogens is 1. The van der Waals surface area contributed by atoms with E-state index in [-0.39, 0.29) is 11.4 Å². The Morgan fingerprint density at radius 2 is 2.16 bits per heavy atom. The molecule has 2 rings (SSSR count). The standard InChI is InChI=1S/C13H15FN4O/c1-3-10-12(14)13(17-7-16-10)15-6-9-4-8(2)18-11(19)5-9/h4-5,7H,3,6H2,1-2H3,(H,18,19)(H,15,16,17). The number of anilines is 1. The summed E-state index contributed by atoms with van der Waals surface area (Å²) in [6.07, 6.45) is 1.83. The third-order valence-electron chi connectivity index (χ3n) is 2.70. The van der Waals surface area contributed by atoms with Crippen molar-refractivity contribution in [2.24, 2.45) is 0 Å². The Balaban J connectivity index is 2.16. The molecule has 0 spiro atoms. The van der Waals surface area contributed by atoms with Crippen LogP contribution in [-0.4, -0.2) is 15.0 Å². The second kappa shape index (κ2) is 5.60. The average Bonchev–Trinajstić information content (AvgIpc) is 2.36. The topological polar surface area (TPSA) is 70.7 Å². The summed E-state index contributed by atoms with van der Waals surface area (Å²) in [4.78, 5) is 21.7. The van der Waals surface area contributed by atoms with E-state index in [1.165, 1.54) is 12.4 Å². The predicted octanol–water partition coefficient (Wildman–Crippen LogP) is 1.79. The fraction of sp³-hybridized carbons (Fsp3) is 0.308. The molecule has 0 amide bonds. The van der Waals surface area contributed by atoms with Crippen LogP contribution in [0.15, 0.2) is 23.3 Å². The van der Waals surface area contributed by atoms with E-state index in [0.29, 0.717) is 18.7 Å². The molecule has 6 heteroatoms. The summed E-state index contributed by atoms with van der Waals surface area (Å²) in [6, 6.07) is 3.30. The number of hydrogen-bond acceptors (Lipinski definition) is 4. The highest BCUT2D eigenvalue weighted by molar-refractivity contribution is 5.38. The van der Waals surface area contributed by atoms with Crippen LogP contribution in [0.2, 0.25) is 0 Å². The molecule has 0 fully saturated rings. The molecule has 0 radical (unpaired) electrons. The molecule has 0 aliphatic heterocycles. The lowest BCUT2D eigenvalue weighted by molar-refractivity contribution is 0.596. The van der Waals surface area contributed by atoms with Crippen molar-refractivity contribution in [1.29, 1.82) is 0 Å². The van der Waals surface area contributed by atoms with Gasteiger partial charge < -0.3 is 10.3 Å². The van der Waals surface area contributed by atoms with Crippen LogP contribution in [0.3, 0.4) is 0 Å². The Morgan fingerprint density at radius 1 is 1.37 bits per heavy atom. The average molecular weight is 262 g/mol. The number of nitrogens with zero attached hydrogens (tertiary/aromatic N) is 2. The number of rotatable bonds is 4. The van der Waals surface area contributed by atoms with Crippen molar-refractivity contribution in [3.63, 3.8) is 0 Å². The summed E-state index contributed by atoms with van der Waals surface area (Å²) >= 11 is 0. The summed E-state index contributed by atoms with van der Waals surface area (Å²) < 4.78 is 13.9. The van der Waals surface area contributed by atoms with Crippen molar-refractivity contribution in [2.75, 3.05) is 5.32 Å². The molecular weight excluding hydrogens is 247 g/mol. The van der Waals surface area contributed by atoms with E-state index in [9.17, 15) is 9.18 Å². The van der Waals surface area contributed by atoms with E-state index in [0.717, 1.165) is 11.3 Å². The molecule has 2 N–H and O–H groups in total. The maximum atomic E-state index is 13.9. The minimum absolute atomic E-state index is 0.157. The summed E-state index contributed by atoms with van der Waals surface area (Å²) in [5.74, 6) is -0.281. The van der Waals surface area contributed by atoms with Gasteiger partial charge in [0.25, 0.3) is 0 Å². The third kappa shape index (κ3) is 3.15. The fourth-order valence-electron chi connectivity index (χ4n) is 1.82. The summed E-state index contributed by atoms with van der Waals surface area (Å²) in [7, 11) is 0. The van der Waals surface area contributed by atoms with E-state index in [4.69, 9.17) is 0 Å². The maximum absolute atomic E-state index is 13.9. The maximum Gasteiger partial charge on any atom is 0.248 e. The number of aryl methyl sites for hydroxylation is 2. The predicted molar refractivity (Wildman–Crippen MR) is 70.5 cm³/mol. The number of aromatic amines is 1. The minimum atomic E-state index is -0.438. The van der Waals surface area contributed by atoms with Crippen LogP contribution in [0, 0.1) is 12.7 Å². The van der Waals surface area contributed by atoms with Gasteiger partial charge in [-0.05, 0) is 25.0 Å². The smallest absolute Gasteiger partial charge is 0.248 e. The van der Waals surface area contributed by atoms with Gasteiger partial charge in [0.15, 0.2) is 11.6 Å². The van der Waals surface area contributed by atoms with Crippen molar-refractivity contribution in [3.05, 3.63) is 51.6 Å². The van der Waals surface area contributed by atoms with E-state index >= 15 is 0 Å². The zero-order chi connectivity index (χ0) is 13.8. The molecule has 19 heavy (non-hydrogen) atoms. The molecule has 0 atom stereocenters. The Kier molecular flexibility index (Phi) is 3.89. The molecule has 2 aromatic heterocycles. The molecule has 0 saturated carbocycles. The highest BCUT2D eigenvalue weighted by Crippen LogP contribution is 2.14. The molecule has 5 nitrogen and oxygen atoms in total. The van der Waals surface area contributed by atoms with Gasteiger partial charge >= 0.3 is 0 Å². The van der Waals surface area contributed by atoms with Crippen molar-refractivity contribution in [3.8, 4) is 0 Å². The first-order chi connectivity index (χ1) is 9.10. The Bertz CT molecular complexity index is 639. The van der Waals surface area contributed by atoms with Gasteiger partial charge in [-0.2, -0.15) is 0 Å². The number of pyridine rings is 1. The zero-order valence-electron chi connectivity index (χ0n) is 10.8. The van der Waals surface area contributed by atoms with Gasteiger partial charge in [-0.25, -0.2) is 14.4 Å². The van der Waals surface area contributed by atoms with Crippen LogP contribution in [0.5, 0.6) is 0 Å². The Labute approximate surface area is 109 Å². The van der Waals surface area contributed by atoms with Crippen LogP contribution in [-0.2, 0) is 13.0 Å². The van der Waals surface area contributed by atoms with Crippen LogP contribution in [0.4, 0.5) is 10.2 Å². The highest BCUT2D eigenvalue weighted by atomic mass is 19.1. The monoisotopic (exact) mass is 262 g/mol. The van der Waals surface area contributed by atoms with Gasteiger partial charge in [-0.1, -0.05) is 6.92 Å². The SMILES string of the molecule is CCc1ncnc(NCc2cc(C)[nH]c(=O)c2)c1F. The van der Waals surface area contributed by atoms with Crippen LogP contribution in [0.25, 0.3) is 0 Å². The fourth-order valence-corrected chi connectivity index (χ4v) is 1.82. The van der Waals surface area contributed by atoms with Crippen molar-refractivity contribution < 1.29 is 4.39 Å². The molecule has 0 aliphatic carbocycles. The van der Waals surface area contributed by atoms with Gasteiger partial charge in [-0.3, -0.25) is 4.79 Å². The first kappa shape index (κ1) is 13.2. The number of hydrogen-bond donors (Lipinski definition) is 2. The van der Waals surface area contributed by atoms with Gasteiger partial charge in [0.2, 0.25) is 5.56 Å². The van der Waals surface area contributed by atoms with E-state index < -0.39 is 5.82 Å². The van der Waals surface area contributed by atoms with Gasteiger partial charge in [0.1, 0.15) is 6.33 Å². The Morgan fingerprint density at radius 3 is 2.84 bits per heavy atom. The van der Waals surface area contributed by atoms with Crippen LogP contribution >= 0.6 is 0 Å². The largest absolute Gasteiger partial charge is 0.363 e. The Hall–Kier alpha value is -2.24. The normalized spacial score (nSPS) is 10.5. The second-order valence-corrected chi connectivity index (χ2v) is 4.23. The number of aromatic nitrogens is 3. The summed E-state index contributed by atoms with van der Waals surface area (Å²) in [5.41, 5.74) is 1.74. The third-order valence-corrected chi connectivity index (χ3v) is 2.70. The zero-order valence-corrected chi connectivity index (χ0v) is 10.8. The lowest BCUT2D eigenvalue weighted by Crippen LogP contribution is -2.11. The molecule has 0 aromatic carbocycles. The summed E-state index contributed by atoms with van der Waals surface area (Å²) in [5, 5.41) is 2.88. The van der Waals surface area contributed by atoms with Crippen molar-refractivity contribution in [2.45, 2.75) is 26.8 Å². The van der Waals surface area contributed by atoms with Crippen molar-refractivity contribution >= 4 is 5.82 Å². The molecule has 0 bridgehead atoms. The summed E-state index contributed by atoms with van der Waals surface area (Å²) in [6.45, 7) is 3.96. The van der Waals surface area contributed by atoms with Crippen LogP contribution < -0.4 is 10.9 Å². The van der Waals surface area contributed by atoms with Crippen molar-refractivity contribution in [1.82, 2.24) is 15.0 Å². The number of nitrogens with one attached hydrogen (secondary N) is 2. The van der Waals surface area contributed by atoms with Gasteiger partial charge in [-0.15, -0.1) is 0 Å². The lowest BCUT2D eigenvalue weighted by atomic mass is 10.2. The molecule has 0 aliphatic rings. The van der Waals surface area contributed by atoms with E-state index in [1.54, 1.807) is 6.92 Å². The molecule has 0 unspecified atom stereocenters. The van der Waals surface area contributed by atoms with E-state index in [1.807, 2.05) is 13.0 Å². The van der Waals surface area contributed by atoms with Gasteiger partial charge in [0, 0.05) is 18.3 Å². The molecule has 2 aromatic rings. The molecule has 2 heterocycles. The van der Waals surface area contributed by atoms with E-state index in [2.05, 4.69) is 20.3 Å². The molecule has 100 valence electrons. The number of H-pyrrole nitrogens is 1. The molecule has 0 saturated heterocycles. The molecular formula is C13H15FN4O. The quantitative estimate of drug-likeness (QED) is 0.881. The minimum Gasteiger partial charge on any atom is -0.363 e. The lowest BCUT2D eigenvalue weighted by Gasteiger charge is -2.08. The second-order valence-electron chi connectivity index (χ2n) is 4.23. The van der Waals surface area contributed by atoms with Gasteiger partial charge in [0.05, 0.1) is 5.69 Å².